The minimum atomic E-state index is -3.89. The number of anilines is 1. The van der Waals surface area contributed by atoms with Crippen LogP contribution in [0.1, 0.15) is 12.5 Å². The zero-order chi connectivity index (χ0) is 16.6. The fourth-order valence-electron chi connectivity index (χ4n) is 2.21. The van der Waals surface area contributed by atoms with Crippen LogP contribution in [-0.4, -0.2) is 25.8 Å². The molecule has 0 unspecified atom stereocenters. The molecule has 1 aromatic carbocycles. The third-order valence-corrected chi connectivity index (χ3v) is 5.19. The molecule has 6 nitrogen and oxygen atoms in total. The summed E-state index contributed by atoms with van der Waals surface area (Å²) < 4.78 is 28.9. The summed E-state index contributed by atoms with van der Waals surface area (Å²) in [5.41, 5.74) is 4.02. The average molecular weight is 371 g/mol. The summed E-state index contributed by atoms with van der Waals surface area (Å²) in [6, 6.07) is 6.25. The van der Waals surface area contributed by atoms with Gasteiger partial charge in [0.1, 0.15) is 4.90 Å². The van der Waals surface area contributed by atoms with E-state index in [2.05, 4.69) is 14.8 Å². The van der Waals surface area contributed by atoms with Crippen LogP contribution in [0.25, 0.3) is 0 Å². The predicted molar refractivity (Wildman–Crippen MR) is 90.6 cm³/mol. The van der Waals surface area contributed by atoms with E-state index in [9.17, 15) is 8.42 Å². The first-order valence-electron chi connectivity index (χ1n) is 6.72. The fourth-order valence-corrected chi connectivity index (χ4v) is 3.79. The highest BCUT2D eigenvalue weighted by Crippen LogP contribution is 2.37. The van der Waals surface area contributed by atoms with Crippen LogP contribution in [0.3, 0.4) is 0 Å². The van der Waals surface area contributed by atoms with Gasteiger partial charge in [-0.05, 0) is 24.3 Å². The molecule has 0 amide bonds. The van der Waals surface area contributed by atoms with Crippen molar-refractivity contribution >= 4 is 44.7 Å². The molecule has 3 rings (SSSR count). The van der Waals surface area contributed by atoms with E-state index in [4.69, 9.17) is 23.2 Å². The lowest BCUT2D eigenvalue weighted by Crippen LogP contribution is -2.46. The highest BCUT2D eigenvalue weighted by Gasteiger charge is 2.32. The zero-order valence-electron chi connectivity index (χ0n) is 12.0. The third-order valence-electron chi connectivity index (χ3n) is 3.18. The molecule has 0 fully saturated rings. The summed E-state index contributed by atoms with van der Waals surface area (Å²) in [7, 11) is -3.89. The Morgan fingerprint density at radius 3 is 2.65 bits per heavy atom. The molecule has 2 heterocycles. The molecule has 120 valence electrons. The molecule has 0 saturated heterocycles. The van der Waals surface area contributed by atoms with E-state index in [1.54, 1.807) is 29.5 Å². The van der Waals surface area contributed by atoms with Gasteiger partial charge >= 0.3 is 0 Å². The topological polar surface area (TPSA) is 74.7 Å². The van der Waals surface area contributed by atoms with Gasteiger partial charge in [0, 0.05) is 24.5 Å². The maximum absolute atomic E-state index is 12.5. The minimum Gasteiger partial charge on any atom is -0.264 e. The lowest BCUT2D eigenvalue weighted by Gasteiger charge is -2.31. The summed E-state index contributed by atoms with van der Waals surface area (Å²) in [6.45, 7) is 2.44. The Kier molecular flexibility index (Phi) is 4.29. The summed E-state index contributed by atoms with van der Waals surface area (Å²) in [4.78, 5) is 4.01. The maximum Gasteiger partial charge on any atom is 0.286 e. The zero-order valence-corrected chi connectivity index (χ0v) is 14.3. The van der Waals surface area contributed by atoms with Gasteiger partial charge in [-0.2, -0.15) is 8.42 Å². The number of pyridine rings is 1. The number of fused-ring (bicyclic) bond motifs is 1. The molecule has 0 radical (unpaired) electrons. The Balaban J connectivity index is 2.27. The second-order valence-corrected chi connectivity index (χ2v) is 7.10. The molecule has 0 aliphatic carbocycles. The summed E-state index contributed by atoms with van der Waals surface area (Å²) in [6.07, 6.45) is 3.14. The van der Waals surface area contributed by atoms with Gasteiger partial charge in [-0.15, -0.1) is 4.40 Å². The Bertz CT molecular complexity index is 885. The van der Waals surface area contributed by atoms with Gasteiger partial charge in [0.2, 0.25) is 0 Å². The molecule has 2 aromatic rings. The van der Waals surface area contributed by atoms with Crippen LogP contribution in [-0.2, 0) is 10.0 Å². The molecule has 1 N–H and O–H groups in total. The molecule has 0 saturated carbocycles. The molecule has 9 heteroatoms. The van der Waals surface area contributed by atoms with Gasteiger partial charge in [0.05, 0.1) is 15.7 Å². The maximum atomic E-state index is 12.5. The van der Waals surface area contributed by atoms with Crippen molar-refractivity contribution in [1.29, 1.82) is 0 Å². The van der Waals surface area contributed by atoms with E-state index in [0.29, 0.717) is 17.8 Å². The lowest BCUT2D eigenvalue weighted by atomic mass is 10.2. The van der Waals surface area contributed by atoms with Crippen molar-refractivity contribution in [3.8, 4) is 0 Å². The Morgan fingerprint density at radius 2 is 2.00 bits per heavy atom. The van der Waals surface area contributed by atoms with Crippen LogP contribution in [0.5, 0.6) is 0 Å². The SMILES string of the molecule is CCNN1C(c2cccnc2)=NS(=O)(=O)c2cc(Cl)c(Cl)cc21. The number of halogens is 2. The van der Waals surface area contributed by atoms with Crippen LogP contribution >= 0.6 is 23.2 Å². The molecular formula is C14H12Cl2N4O2S. The second kappa shape index (κ2) is 6.09. The molecule has 0 atom stereocenters. The van der Waals surface area contributed by atoms with Gasteiger partial charge < -0.3 is 0 Å². The number of hydrogen-bond acceptors (Lipinski definition) is 5. The van der Waals surface area contributed by atoms with E-state index in [1.807, 2.05) is 6.92 Å². The van der Waals surface area contributed by atoms with E-state index in [-0.39, 0.29) is 20.8 Å². The normalized spacial score (nSPS) is 16.0. The molecule has 0 bridgehead atoms. The van der Waals surface area contributed by atoms with Crippen molar-refractivity contribution in [3.05, 3.63) is 52.3 Å². The first-order valence-corrected chi connectivity index (χ1v) is 8.91. The van der Waals surface area contributed by atoms with E-state index in [0.717, 1.165) is 0 Å². The Morgan fingerprint density at radius 1 is 1.26 bits per heavy atom. The number of hydrogen-bond donors (Lipinski definition) is 1. The van der Waals surface area contributed by atoms with Crippen molar-refractivity contribution in [2.24, 2.45) is 4.40 Å². The number of hydrazine groups is 1. The smallest absolute Gasteiger partial charge is 0.264 e. The van der Waals surface area contributed by atoms with E-state index >= 15 is 0 Å². The highest BCUT2D eigenvalue weighted by atomic mass is 35.5. The molecule has 1 aliphatic heterocycles. The van der Waals surface area contributed by atoms with Crippen LogP contribution in [0.15, 0.2) is 46.0 Å². The van der Waals surface area contributed by atoms with Crippen LogP contribution in [0.4, 0.5) is 5.69 Å². The summed E-state index contributed by atoms with van der Waals surface area (Å²) in [5, 5.41) is 2.00. The lowest BCUT2D eigenvalue weighted by molar-refractivity contribution is 0.595. The molecule has 0 spiro atoms. The number of amidine groups is 1. The van der Waals surface area contributed by atoms with Crippen molar-refractivity contribution in [2.75, 3.05) is 11.6 Å². The van der Waals surface area contributed by atoms with Crippen LogP contribution in [0, 0.1) is 0 Å². The van der Waals surface area contributed by atoms with Crippen LogP contribution in [0.2, 0.25) is 10.0 Å². The largest absolute Gasteiger partial charge is 0.286 e. The second-order valence-electron chi connectivity index (χ2n) is 4.71. The molecule has 23 heavy (non-hydrogen) atoms. The van der Waals surface area contributed by atoms with Crippen molar-refractivity contribution in [3.63, 3.8) is 0 Å². The first kappa shape index (κ1) is 16.2. The van der Waals surface area contributed by atoms with Gasteiger partial charge in [0.25, 0.3) is 10.0 Å². The summed E-state index contributed by atoms with van der Waals surface area (Å²) in [5.74, 6) is 0.228. The average Bonchev–Trinajstić information content (AvgIpc) is 2.53. The fraction of sp³-hybridized carbons (Fsp3) is 0.143. The highest BCUT2D eigenvalue weighted by molar-refractivity contribution is 7.90. The van der Waals surface area contributed by atoms with Crippen molar-refractivity contribution in [1.82, 2.24) is 10.4 Å². The monoisotopic (exact) mass is 370 g/mol. The van der Waals surface area contributed by atoms with Crippen molar-refractivity contribution in [2.45, 2.75) is 11.8 Å². The number of nitrogens with zero attached hydrogens (tertiary/aromatic N) is 3. The predicted octanol–water partition coefficient (Wildman–Crippen LogP) is 2.87. The number of nitrogens with one attached hydrogen (secondary N) is 1. The number of benzene rings is 1. The number of aromatic nitrogens is 1. The van der Waals surface area contributed by atoms with Gasteiger partial charge in [0.15, 0.2) is 5.84 Å². The first-order chi connectivity index (χ1) is 10.9. The molecule has 1 aliphatic rings. The Hall–Kier alpha value is -1.67. The summed E-state index contributed by atoms with van der Waals surface area (Å²) >= 11 is 12.0. The number of rotatable bonds is 3. The molecule has 1 aromatic heterocycles. The minimum absolute atomic E-state index is 0.000454. The number of sulfonamides is 1. The van der Waals surface area contributed by atoms with Crippen LogP contribution < -0.4 is 10.4 Å². The quantitative estimate of drug-likeness (QED) is 0.898. The van der Waals surface area contributed by atoms with Gasteiger partial charge in [-0.1, -0.05) is 30.1 Å². The van der Waals surface area contributed by atoms with E-state index < -0.39 is 10.0 Å². The van der Waals surface area contributed by atoms with Gasteiger partial charge in [-0.25, -0.2) is 5.43 Å². The third kappa shape index (κ3) is 2.92. The van der Waals surface area contributed by atoms with Crippen molar-refractivity contribution < 1.29 is 8.42 Å². The molecular weight excluding hydrogens is 359 g/mol. The van der Waals surface area contributed by atoms with Gasteiger partial charge in [-0.3, -0.25) is 9.99 Å². The Labute approximate surface area is 143 Å². The van der Waals surface area contributed by atoms with E-state index in [1.165, 1.54) is 12.1 Å². The standard InChI is InChI=1S/C14H12Cl2N4O2S/c1-2-18-20-12-6-10(15)11(16)7-13(12)23(21,22)19-14(20)9-4-3-5-17-8-9/h3-8,18H,2H2,1H3.